The molecule has 2 heterocycles. The van der Waals surface area contributed by atoms with Crippen molar-refractivity contribution in [3.63, 3.8) is 0 Å². The molecule has 2 aromatic carbocycles. The monoisotopic (exact) mass is 312 g/mol. The van der Waals surface area contributed by atoms with Gasteiger partial charge in [-0.3, -0.25) is 4.98 Å². The summed E-state index contributed by atoms with van der Waals surface area (Å²) in [7, 11) is 0. The van der Waals surface area contributed by atoms with Crippen LogP contribution in [0.25, 0.3) is 22.3 Å². The summed E-state index contributed by atoms with van der Waals surface area (Å²) in [5, 5.41) is 4.43. The highest BCUT2D eigenvalue weighted by molar-refractivity contribution is 5.92. The molecule has 24 heavy (non-hydrogen) atoms. The number of anilines is 2. The van der Waals surface area contributed by atoms with Crippen LogP contribution in [-0.4, -0.2) is 15.0 Å². The van der Waals surface area contributed by atoms with E-state index in [1.54, 1.807) is 12.4 Å². The molecular weight excluding hydrogens is 296 g/mol. The molecule has 0 amide bonds. The highest BCUT2D eigenvalue weighted by Crippen LogP contribution is 2.27. The highest BCUT2D eigenvalue weighted by atomic mass is 15.0. The summed E-state index contributed by atoms with van der Waals surface area (Å²) >= 11 is 0. The highest BCUT2D eigenvalue weighted by Gasteiger charge is 2.09. The molecule has 2 aromatic heterocycles. The van der Waals surface area contributed by atoms with Crippen LogP contribution in [0.3, 0.4) is 0 Å². The van der Waals surface area contributed by atoms with Crippen molar-refractivity contribution in [1.29, 1.82) is 0 Å². The van der Waals surface area contributed by atoms with Crippen molar-refractivity contribution in [2.24, 2.45) is 0 Å². The number of hydrogen-bond donors (Lipinski definition) is 1. The Balaban J connectivity index is 1.86. The van der Waals surface area contributed by atoms with Gasteiger partial charge in [0.2, 0.25) is 0 Å². The van der Waals surface area contributed by atoms with Crippen molar-refractivity contribution >= 4 is 22.4 Å². The molecule has 0 saturated carbocycles. The largest absolute Gasteiger partial charge is 0.340 e. The molecule has 0 radical (unpaired) electrons. The Morgan fingerprint density at radius 1 is 0.833 bits per heavy atom. The van der Waals surface area contributed by atoms with Gasteiger partial charge in [0.25, 0.3) is 0 Å². The minimum Gasteiger partial charge on any atom is -0.340 e. The number of benzene rings is 2. The first kappa shape index (κ1) is 14.3. The number of nitrogens with one attached hydrogen (secondary N) is 1. The molecule has 0 aliphatic heterocycles. The van der Waals surface area contributed by atoms with E-state index in [-0.39, 0.29) is 0 Å². The molecule has 4 aromatic rings. The average Bonchev–Trinajstić information content (AvgIpc) is 2.62. The molecule has 0 bridgehead atoms. The summed E-state index contributed by atoms with van der Waals surface area (Å²) in [6.45, 7) is 2.08. The number of fused-ring (bicyclic) bond motifs is 1. The molecule has 4 nitrogen and oxygen atoms in total. The summed E-state index contributed by atoms with van der Waals surface area (Å²) in [6.07, 6.45) is 3.50. The molecule has 0 aliphatic rings. The van der Waals surface area contributed by atoms with Gasteiger partial charge in [0.15, 0.2) is 5.82 Å². The maximum atomic E-state index is 4.75. The van der Waals surface area contributed by atoms with Crippen LogP contribution < -0.4 is 5.32 Å². The quantitative estimate of drug-likeness (QED) is 0.593. The Bertz CT molecular complexity index is 997. The number of aromatic nitrogens is 3. The van der Waals surface area contributed by atoms with Gasteiger partial charge in [0.05, 0.1) is 5.52 Å². The second-order valence-corrected chi connectivity index (χ2v) is 5.64. The van der Waals surface area contributed by atoms with Crippen LogP contribution in [-0.2, 0) is 0 Å². The second-order valence-electron chi connectivity index (χ2n) is 5.64. The number of nitrogens with zero attached hydrogens (tertiary/aromatic N) is 3. The van der Waals surface area contributed by atoms with E-state index in [1.165, 1.54) is 5.56 Å². The zero-order valence-electron chi connectivity index (χ0n) is 13.3. The number of para-hydroxylation sites is 1. The third-order valence-electron chi connectivity index (χ3n) is 3.82. The van der Waals surface area contributed by atoms with Gasteiger partial charge in [-0.15, -0.1) is 0 Å². The predicted molar refractivity (Wildman–Crippen MR) is 97.2 cm³/mol. The summed E-state index contributed by atoms with van der Waals surface area (Å²) in [5.74, 6) is 1.49. The van der Waals surface area contributed by atoms with Gasteiger partial charge in [-0.1, -0.05) is 24.3 Å². The second kappa shape index (κ2) is 6.08. The number of pyridine rings is 1. The van der Waals surface area contributed by atoms with Gasteiger partial charge in [0.1, 0.15) is 5.82 Å². The van der Waals surface area contributed by atoms with Crippen molar-refractivity contribution < 1.29 is 0 Å². The van der Waals surface area contributed by atoms with Gasteiger partial charge in [-0.2, -0.15) is 0 Å². The van der Waals surface area contributed by atoms with Gasteiger partial charge in [-0.05, 0) is 48.9 Å². The fourth-order valence-electron chi connectivity index (χ4n) is 2.66. The smallest absolute Gasteiger partial charge is 0.162 e. The van der Waals surface area contributed by atoms with E-state index in [9.17, 15) is 0 Å². The molecule has 1 N–H and O–H groups in total. The number of rotatable bonds is 3. The molecule has 0 unspecified atom stereocenters. The maximum absolute atomic E-state index is 4.75. The standard InChI is InChI=1S/C20H16N4/c1-14-5-4-6-16(13-14)22-20-17-7-2-3-8-18(17)23-19(24-20)15-9-11-21-12-10-15/h2-13H,1H3,(H,22,23,24). The van der Waals surface area contributed by atoms with E-state index in [0.717, 1.165) is 28.0 Å². The Labute approximate surface area is 140 Å². The van der Waals surface area contributed by atoms with Crippen LogP contribution in [0.4, 0.5) is 11.5 Å². The van der Waals surface area contributed by atoms with E-state index < -0.39 is 0 Å². The van der Waals surface area contributed by atoms with Crippen LogP contribution in [0.15, 0.2) is 73.1 Å². The van der Waals surface area contributed by atoms with Crippen molar-refractivity contribution in [3.8, 4) is 11.4 Å². The first-order valence-electron chi connectivity index (χ1n) is 7.80. The van der Waals surface area contributed by atoms with Crippen molar-refractivity contribution in [2.45, 2.75) is 6.92 Å². The minimum atomic E-state index is 0.686. The lowest BCUT2D eigenvalue weighted by molar-refractivity contribution is 1.21. The fraction of sp³-hybridized carbons (Fsp3) is 0.0500. The van der Waals surface area contributed by atoms with Gasteiger partial charge in [-0.25, -0.2) is 9.97 Å². The van der Waals surface area contributed by atoms with Crippen LogP contribution >= 0.6 is 0 Å². The third-order valence-corrected chi connectivity index (χ3v) is 3.82. The van der Waals surface area contributed by atoms with Gasteiger partial charge >= 0.3 is 0 Å². The summed E-state index contributed by atoms with van der Waals surface area (Å²) in [4.78, 5) is 13.5. The number of aryl methyl sites for hydroxylation is 1. The third kappa shape index (κ3) is 2.82. The molecule has 4 heteroatoms. The minimum absolute atomic E-state index is 0.686. The zero-order valence-corrected chi connectivity index (χ0v) is 13.3. The molecule has 0 spiro atoms. The molecule has 116 valence electrons. The van der Waals surface area contributed by atoms with E-state index in [0.29, 0.717) is 5.82 Å². The lowest BCUT2D eigenvalue weighted by Gasteiger charge is -2.11. The van der Waals surface area contributed by atoms with Gasteiger partial charge < -0.3 is 5.32 Å². The van der Waals surface area contributed by atoms with Crippen LogP contribution in [0.5, 0.6) is 0 Å². The fourth-order valence-corrected chi connectivity index (χ4v) is 2.66. The first-order valence-corrected chi connectivity index (χ1v) is 7.80. The van der Waals surface area contributed by atoms with E-state index >= 15 is 0 Å². The zero-order chi connectivity index (χ0) is 16.4. The van der Waals surface area contributed by atoms with Crippen molar-refractivity contribution in [3.05, 3.63) is 78.6 Å². The van der Waals surface area contributed by atoms with Crippen molar-refractivity contribution in [2.75, 3.05) is 5.32 Å². The summed E-state index contributed by atoms with van der Waals surface area (Å²) in [5.41, 5.74) is 4.07. The molecule has 0 saturated heterocycles. The van der Waals surface area contributed by atoms with Crippen LogP contribution in [0.2, 0.25) is 0 Å². The Morgan fingerprint density at radius 2 is 1.67 bits per heavy atom. The molecule has 0 fully saturated rings. The summed E-state index contributed by atoms with van der Waals surface area (Å²) in [6, 6.07) is 20.1. The number of hydrogen-bond acceptors (Lipinski definition) is 4. The summed E-state index contributed by atoms with van der Waals surface area (Å²) < 4.78 is 0. The van der Waals surface area contributed by atoms with Gasteiger partial charge in [0, 0.05) is 29.0 Å². The predicted octanol–water partition coefficient (Wildman–Crippen LogP) is 4.74. The topological polar surface area (TPSA) is 50.7 Å². The first-order chi connectivity index (χ1) is 11.8. The SMILES string of the molecule is Cc1cccc(Nc2nc(-c3ccncc3)nc3ccccc23)c1. The van der Waals surface area contributed by atoms with Crippen LogP contribution in [0, 0.1) is 6.92 Å². The van der Waals surface area contributed by atoms with Crippen LogP contribution in [0.1, 0.15) is 5.56 Å². The maximum Gasteiger partial charge on any atom is 0.162 e. The molecule has 0 aliphatic carbocycles. The van der Waals surface area contributed by atoms with E-state index in [2.05, 4.69) is 34.3 Å². The lowest BCUT2D eigenvalue weighted by Crippen LogP contribution is -1.99. The molecule has 4 rings (SSSR count). The Hall–Kier alpha value is -3.27. The molecule has 0 atom stereocenters. The lowest BCUT2D eigenvalue weighted by atomic mass is 10.2. The Kier molecular flexibility index (Phi) is 3.63. The van der Waals surface area contributed by atoms with E-state index in [1.807, 2.05) is 48.5 Å². The van der Waals surface area contributed by atoms with E-state index in [4.69, 9.17) is 4.98 Å². The normalized spacial score (nSPS) is 10.7. The Morgan fingerprint density at radius 3 is 2.50 bits per heavy atom. The molecular formula is C20H16N4. The van der Waals surface area contributed by atoms with Crippen molar-refractivity contribution in [1.82, 2.24) is 15.0 Å². The average molecular weight is 312 g/mol.